The van der Waals surface area contributed by atoms with E-state index in [4.69, 9.17) is 0 Å². The maximum absolute atomic E-state index is 14.2. The van der Waals surface area contributed by atoms with E-state index < -0.39 is 0 Å². The van der Waals surface area contributed by atoms with Crippen molar-refractivity contribution in [3.63, 3.8) is 0 Å². The summed E-state index contributed by atoms with van der Waals surface area (Å²) >= 11 is 0. The number of nitrogens with zero attached hydrogens (tertiary/aromatic N) is 3. The molecular weight excluding hydrogens is 432 g/mol. The number of aryl methyl sites for hydroxylation is 1. The molecule has 1 saturated heterocycles. The molecule has 1 fully saturated rings. The van der Waals surface area contributed by atoms with Crippen LogP contribution in [0.3, 0.4) is 0 Å². The molecule has 1 aliphatic rings. The molecule has 6 heteroatoms. The number of fused-ring (bicyclic) bond motifs is 1. The molecule has 1 aliphatic heterocycles. The lowest BCUT2D eigenvalue weighted by Gasteiger charge is -2.36. The van der Waals surface area contributed by atoms with Crippen LogP contribution < -0.4 is 4.90 Å². The van der Waals surface area contributed by atoms with Gasteiger partial charge >= 0.3 is 0 Å². The van der Waals surface area contributed by atoms with Crippen LogP contribution in [-0.2, 0) is 11.8 Å². The van der Waals surface area contributed by atoms with Crippen molar-refractivity contribution < 1.29 is 13.6 Å². The van der Waals surface area contributed by atoms with E-state index in [1.54, 1.807) is 24.3 Å². The first-order valence-electron chi connectivity index (χ1n) is 11.6. The minimum absolute atomic E-state index is 0.0513. The van der Waals surface area contributed by atoms with Gasteiger partial charge in [-0.2, -0.15) is 0 Å². The summed E-state index contributed by atoms with van der Waals surface area (Å²) in [5, 5.41) is 1.09. The van der Waals surface area contributed by atoms with Crippen LogP contribution >= 0.6 is 0 Å². The molecule has 0 saturated carbocycles. The maximum atomic E-state index is 14.2. The molecule has 0 radical (unpaired) electrons. The van der Waals surface area contributed by atoms with Gasteiger partial charge < -0.3 is 14.4 Å². The molecule has 3 aromatic carbocycles. The van der Waals surface area contributed by atoms with Crippen molar-refractivity contribution in [2.24, 2.45) is 7.05 Å². The first kappa shape index (κ1) is 22.1. The zero-order valence-electron chi connectivity index (χ0n) is 19.1. The zero-order chi connectivity index (χ0) is 23.7. The molecule has 174 valence electrons. The fraction of sp³-hybridized carbons (Fsp3) is 0.250. The second-order valence-corrected chi connectivity index (χ2v) is 8.84. The fourth-order valence-electron chi connectivity index (χ4n) is 4.96. The Hall–Kier alpha value is -3.67. The van der Waals surface area contributed by atoms with Gasteiger partial charge in [0.1, 0.15) is 11.6 Å². The van der Waals surface area contributed by atoms with Crippen molar-refractivity contribution in [3.05, 3.63) is 102 Å². The van der Waals surface area contributed by atoms with E-state index in [2.05, 4.69) is 22.9 Å². The third-order valence-electron chi connectivity index (χ3n) is 6.78. The molecule has 0 spiro atoms. The summed E-state index contributed by atoms with van der Waals surface area (Å²) in [6.07, 6.45) is 2.36. The van der Waals surface area contributed by atoms with E-state index in [9.17, 15) is 13.6 Å². The molecule has 0 bridgehead atoms. The average Bonchev–Trinajstić information content (AvgIpc) is 3.20. The molecule has 34 heavy (non-hydrogen) atoms. The van der Waals surface area contributed by atoms with Crippen molar-refractivity contribution in [1.82, 2.24) is 9.47 Å². The summed E-state index contributed by atoms with van der Waals surface area (Å²) < 4.78 is 29.9. The number of amides is 1. The minimum Gasteiger partial charge on any atom is -0.366 e. The van der Waals surface area contributed by atoms with Crippen LogP contribution in [0.25, 0.3) is 10.9 Å². The number of halogens is 2. The SMILES string of the molecule is Cn1cc(C(CC(=O)N2CCN(c3ccccc3F)CC2)c2ccc(F)cc2)c2ccccc21. The van der Waals surface area contributed by atoms with Gasteiger partial charge in [-0.05, 0) is 41.5 Å². The summed E-state index contributed by atoms with van der Waals surface area (Å²) in [6.45, 7) is 2.25. The Kier molecular flexibility index (Phi) is 6.05. The van der Waals surface area contributed by atoms with Gasteiger partial charge in [0.25, 0.3) is 0 Å². The van der Waals surface area contributed by atoms with Gasteiger partial charge in [-0.3, -0.25) is 4.79 Å². The Labute approximate surface area is 198 Å². The van der Waals surface area contributed by atoms with E-state index in [1.807, 2.05) is 35.0 Å². The molecule has 0 N–H and O–H groups in total. The summed E-state index contributed by atoms with van der Waals surface area (Å²) in [5.41, 5.74) is 3.64. The number of carbonyl (C=O) groups excluding carboxylic acids is 1. The second-order valence-electron chi connectivity index (χ2n) is 8.84. The maximum Gasteiger partial charge on any atom is 0.223 e. The van der Waals surface area contributed by atoms with Gasteiger partial charge in [0.15, 0.2) is 0 Å². The molecular formula is C28H27F2N3O. The van der Waals surface area contributed by atoms with Crippen LogP contribution in [0.2, 0.25) is 0 Å². The van der Waals surface area contributed by atoms with Gasteiger partial charge in [-0.25, -0.2) is 8.78 Å². The molecule has 1 unspecified atom stereocenters. The molecule has 1 amide bonds. The standard InChI is InChI=1S/C28H27F2N3O/c1-31-19-24(22-6-2-4-8-26(22)31)23(20-10-12-21(29)13-11-20)18-28(34)33-16-14-32(15-17-33)27-9-5-3-7-25(27)30/h2-13,19,23H,14-18H2,1H3. The number of benzene rings is 3. The molecule has 2 heterocycles. The number of hydrogen-bond donors (Lipinski definition) is 0. The smallest absolute Gasteiger partial charge is 0.223 e. The molecule has 4 aromatic rings. The largest absolute Gasteiger partial charge is 0.366 e. The summed E-state index contributed by atoms with van der Waals surface area (Å²) in [5.74, 6) is -0.676. The second kappa shape index (κ2) is 9.29. The topological polar surface area (TPSA) is 28.5 Å². The van der Waals surface area contributed by atoms with Gasteiger partial charge in [-0.1, -0.05) is 42.5 Å². The number of rotatable bonds is 5. The summed E-state index contributed by atoms with van der Waals surface area (Å²) in [4.78, 5) is 17.3. The van der Waals surface area contributed by atoms with Gasteiger partial charge in [0, 0.05) is 62.7 Å². The third kappa shape index (κ3) is 4.28. The van der Waals surface area contributed by atoms with Crippen LogP contribution in [0.4, 0.5) is 14.5 Å². The Bertz CT molecular complexity index is 1310. The van der Waals surface area contributed by atoms with E-state index in [-0.39, 0.29) is 23.5 Å². The lowest BCUT2D eigenvalue weighted by molar-refractivity contribution is -0.131. The van der Waals surface area contributed by atoms with Crippen molar-refractivity contribution >= 4 is 22.5 Å². The Morgan fingerprint density at radius 1 is 0.882 bits per heavy atom. The van der Waals surface area contributed by atoms with Crippen molar-refractivity contribution in [3.8, 4) is 0 Å². The van der Waals surface area contributed by atoms with Gasteiger partial charge in [0.05, 0.1) is 5.69 Å². The molecule has 1 atom stereocenters. The summed E-state index contributed by atoms with van der Waals surface area (Å²) in [7, 11) is 2.00. The quantitative estimate of drug-likeness (QED) is 0.404. The molecule has 1 aromatic heterocycles. The highest BCUT2D eigenvalue weighted by Gasteiger charge is 2.27. The van der Waals surface area contributed by atoms with Gasteiger partial charge in [-0.15, -0.1) is 0 Å². The predicted molar refractivity (Wildman–Crippen MR) is 131 cm³/mol. The molecule has 4 nitrogen and oxygen atoms in total. The van der Waals surface area contributed by atoms with Crippen LogP contribution in [0, 0.1) is 11.6 Å². The number of hydrogen-bond acceptors (Lipinski definition) is 2. The highest BCUT2D eigenvalue weighted by molar-refractivity contribution is 5.86. The van der Waals surface area contributed by atoms with Gasteiger partial charge in [0.2, 0.25) is 5.91 Å². The number of para-hydroxylation sites is 2. The third-order valence-corrected chi connectivity index (χ3v) is 6.78. The highest BCUT2D eigenvalue weighted by atomic mass is 19.1. The predicted octanol–water partition coefficient (Wildman–Crippen LogP) is 5.33. The Morgan fingerprint density at radius 3 is 2.29 bits per heavy atom. The lowest BCUT2D eigenvalue weighted by Crippen LogP contribution is -2.49. The van der Waals surface area contributed by atoms with Crippen LogP contribution in [0.1, 0.15) is 23.5 Å². The summed E-state index contributed by atoms with van der Waals surface area (Å²) in [6, 6.07) is 21.3. The van der Waals surface area contributed by atoms with Crippen molar-refractivity contribution in [1.29, 1.82) is 0 Å². The Balaban J connectivity index is 1.38. The fourth-order valence-corrected chi connectivity index (χ4v) is 4.96. The first-order valence-corrected chi connectivity index (χ1v) is 11.6. The zero-order valence-corrected chi connectivity index (χ0v) is 19.1. The van der Waals surface area contributed by atoms with E-state index in [0.717, 1.165) is 22.0 Å². The monoisotopic (exact) mass is 459 g/mol. The average molecular weight is 460 g/mol. The lowest BCUT2D eigenvalue weighted by atomic mass is 9.87. The minimum atomic E-state index is -0.295. The van der Waals surface area contributed by atoms with E-state index in [1.165, 1.54) is 18.2 Å². The van der Waals surface area contributed by atoms with Crippen LogP contribution in [0.5, 0.6) is 0 Å². The number of carbonyl (C=O) groups is 1. The first-order chi connectivity index (χ1) is 16.5. The number of aromatic nitrogens is 1. The van der Waals surface area contributed by atoms with E-state index in [0.29, 0.717) is 38.3 Å². The van der Waals surface area contributed by atoms with Crippen LogP contribution in [0.15, 0.2) is 79.0 Å². The van der Waals surface area contributed by atoms with Crippen molar-refractivity contribution in [2.45, 2.75) is 12.3 Å². The highest BCUT2D eigenvalue weighted by Crippen LogP contribution is 2.35. The van der Waals surface area contributed by atoms with Crippen molar-refractivity contribution in [2.75, 3.05) is 31.1 Å². The van der Waals surface area contributed by atoms with E-state index >= 15 is 0 Å². The molecule has 0 aliphatic carbocycles. The Morgan fingerprint density at radius 2 is 1.56 bits per heavy atom. The van der Waals surface area contributed by atoms with Crippen LogP contribution in [-0.4, -0.2) is 41.6 Å². The number of anilines is 1. The molecule has 5 rings (SSSR count). The normalized spacial score (nSPS) is 15.0. The number of piperazine rings is 1.